The van der Waals surface area contributed by atoms with Crippen LogP contribution in [0, 0.1) is 11.3 Å². The van der Waals surface area contributed by atoms with Gasteiger partial charge in [-0.25, -0.2) is 13.1 Å². The summed E-state index contributed by atoms with van der Waals surface area (Å²) in [4.78, 5) is 0.210. The number of ether oxygens (including phenoxy) is 1. The zero-order chi connectivity index (χ0) is 13.4. The van der Waals surface area contributed by atoms with E-state index in [-0.39, 0.29) is 11.3 Å². The third-order valence-electron chi connectivity index (χ3n) is 2.33. The SMILES string of the molecule is COCCCNS(=O)(=O)c1ccc(CC#N)cc1. The number of hydrogen-bond donors (Lipinski definition) is 1. The van der Waals surface area contributed by atoms with E-state index in [0.29, 0.717) is 19.6 Å². The largest absolute Gasteiger partial charge is 0.385 e. The van der Waals surface area contributed by atoms with Crippen LogP contribution in [0.1, 0.15) is 12.0 Å². The predicted molar refractivity (Wildman–Crippen MR) is 67.4 cm³/mol. The molecule has 18 heavy (non-hydrogen) atoms. The number of benzene rings is 1. The van der Waals surface area contributed by atoms with Gasteiger partial charge in [0.05, 0.1) is 17.4 Å². The topological polar surface area (TPSA) is 79.2 Å². The highest BCUT2D eigenvalue weighted by Gasteiger charge is 2.12. The molecule has 0 unspecified atom stereocenters. The monoisotopic (exact) mass is 268 g/mol. The van der Waals surface area contributed by atoms with Crippen LogP contribution in [-0.2, 0) is 21.2 Å². The van der Waals surface area contributed by atoms with Gasteiger partial charge in [0.2, 0.25) is 10.0 Å². The number of methoxy groups -OCH3 is 1. The number of nitrogens with zero attached hydrogens (tertiary/aromatic N) is 1. The molecule has 0 saturated heterocycles. The molecule has 0 aromatic heterocycles. The first-order chi connectivity index (χ1) is 8.60. The summed E-state index contributed by atoms with van der Waals surface area (Å²) in [6.07, 6.45) is 0.907. The quantitative estimate of drug-likeness (QED) is 0.750. The van der Waals surface area contributed by atoms with Crippen molar-refractivity contribution in [1.29, 1.82) is 5.26 Å². The Hall–Kier alpha value is -1.42. The zero-order valence-corrected chi connectivity index (χ0v) is 11.0. The van der Waals surface area contributed by atoms with Crippen LogP contribution in [0.3, 0.4) is 0 Å². The molecular formula is C12H16N2O3S. The molecule has 0 saturated carbocycles. The number of sulfonamides is 1. The highest BCUT2D eigenvalue weighted by Crippen LogP contribution is 2.10. The van der Waals surface area contributed by atoms with Gasteiger partial charge in [-0.1, -0.05) is 12.1 Å². The fourth-order valence-corrected chi connectivity index (χ4v) is 2.46. The van der Waals surface area contributed by atoms with Gasteiger partial charge in [-0.15, -0.1) is 0 Å². The highest BCUT2D eigenvalue weighted by molar-refractivity contribution is 7.89. The number of rotatable bonds is 7. The minimum absolute atomic E-state index is 0.210. The van der Waals surface area contributed by atoms with Crippen LogP contribution < -0.4 is 4.72 Å². The summed E-state index contributed by atoms with van der Waals surface area (Å²) < 4.78 is 31.0. The van der Waals surface area contributed by atoms with Gasteiger partial charge >= 0.3 is 0 Å². The first-order valence-electron chi connectivity index (χ1n) is 5.54. The van der Waals surface area contributed by atoms with Gasteiger partial charge in [0.25, 0.3) is 0 Å². The Morgan fingerprint density at radius 1 is 1.33 bits per heavy atom. The van der Waals surface area contributed by atoms with E-state index >= 15 is 0 Å². The molecule has 5 nitrogen and oxygen atoms in total. The van der Waals surface area contributed by atoms with Gasteiger partial charge in [0.1, 0.15) is 0 Å². The second-order valence-corrected chi connectivity index (χ2v) is 5.49. The second kappa shape index (κ2) is 7.11. The van der Waals surface area contributed by atoms with E-state index in [1.807, 2.05) is 6.07 Å². The standard InChI is InChI=1S/C12H16N2O3S/c1-17-10-2-9-14-18(15,16)12-5-3-11(4-6-12)7-8-13/h3-6,14H,2,7,9-10H2,1H3. The van der Waals surface area contributed by atoms with E-state index < -0.39 is 10.0 Å². The average Bonchev–Trinajstić information content (AvgIpc) is 2.36. The summed E-state index contributed by atoms with van der Waals surface area (Å²) in [7, 11) is -1.89. The molecule has 0 amide bonds. The third-order valence-corrected chi connectivity index (χ3v) is 3.81. The van der Waals surface area contributed by atoms with Crippen molar-refractivity contribution in [2.75, 3.05) is 20.3 Å². The summed E-state index contributed by atoms with van der Waals surface area (Å²) >= 11 is 0. The van der Waals surface area contributed by atoms with Crippen molar-refractivity contribution in [2.45, 2.75) is 17.7 Å². The van der Waals surface area contributed by atoms with Crippen LogP contribution in [-0.4, -0.2) is 28.7 Å². The number of hydrogen-bond acceptors (Lipinski definition) is 4. The summed E-state index contributed by atoms with van der Waals surface area (Å²) in [6, 6.07) is 8.31. The summed E-state index contributed by atoms with van der Waals surface area (Å²) in [6.45, 7) is 0.861. The lowest BCUT2D eigenvalue weighted by Crippen LogP contribution is -2.25. The van der Waals surface area contributed by atoms with Crippen molar-refractivity contribution < 1.29 is 13.2 Å². The first-order valence-corrected chi connectivity index (χ1v) is 7.03. The van der Waals surface area contributed by atoms with Crippen molar-refractivity contribution in [1.82, 2.24) is 4.72 Å². The molecule has 0 bridgehead atoms. The van der Waals surface area contributed by atoms with Crippen LogP contribution in [0.25, 0.3) is 0 Å². The molecule has 6 heteroatoms. The Morgan fingerprint density at radius 3 is 2.56 bits per heavy atom. The van der Waals surface area contributed by atoms with E-state index in [1.165, 1.54) is 12.1 Å². The Kier molecular flexibility index (Phi) is 5.78. The van der Waals surface area contributed by atoms with Crippen LogP contribution in [0.15, 0.2) is 29.2 Å². The van der Waals surface area contributed by atoms with E-state index in [1.54, 1.807) is 19.2 Å². The van der Waals surface area contributed by atoms with Crippen molar-refractivity contribution in [3.05, 3.63) is 29.8 Å². The lowest BCUT2D eigenvalue weighted by molar-refractivity contribution is 0.196. The molecule has 0 heterocycles. The maximum Gasteiger partial charge on any atom is 0.240 e. The molecule has 0 radical (unpaired) electrons. The van der Waals surface area contributed by atoms with Crippen molar-refractivity contribution >= 4 is 10.0 Å². The van der Waals surface area contributed by atoms with Crippen LogP contribution in [0.5, 0.6) is 0 Å². The van der Waals surface area contributed by atoms with E-state index in [4.69, 9.17) is 10.00 Å². The summed E-state index contributed by atoms with van der Waals surface area (Å²) in [5, 5.41) is 8.52. The fraction of sp³-hybridized carbons (Fsp3) is 0.417. The Bertz CT molecular complexity index is 503. The van der Waals surface area contributed by atoms with Gasteiger partial charge in [-0.3, -0.25) is 0 Å². The minimum atomic E-state index is -3.46. The van der Waals surface area contributed by atoms with E-state index in [0.717, 1.165) is 5.56 Å². The van der Waals surface area contributed by atoms with Gasteiger partial charge < -0.3 is 4.74 Å². The molecule has 0 aliphatic heterocycles. The molecule has 0 fully saturated rings. The molecule has 0 aliphatic carbocycles. The Morgan fingerprint density at radius 2 is 2.00 bits per heavy atom. The van der Waals surface area contributed by atoms with Gasteiger partial charge in [-0.2, -0.15) is 5.26 Å². The van der Waals surface area contributed by atoms with Gasteiger partial charge in [0.15, 0.2) is 0 Å². The minimum Gasteiger partial charge on any atom is -0.385 e. The van der Waals surface area contributed by atoms with Crippen LogP contribution in [0.2, 0.25) is 0 Å². The molecule has 98 valence electrons. The third kappa shape index (κ3) is 4.45. The molecule has 0 aliphatic rings. The smallest absolute Gasteiger partial charge is 0.240 e. The molecule has 1 rings (SSSR count). The van der Waals surface area contributed by atoms with Gasteiger partial charge in [-0.05, 0) is 24.1 Å². The number of nitriles is 1. The van der Waals surface area contributed by atoms with Crippen molar-refractivity contribution in [3.8, 4) is 6.07 Å². The zero-order valence-electron chi connectivity index (χ0n) is 10.2. The van der Waals surface area contributed by atoms with Crippen molar-refractivity contribution in [3.63, 3.8) is 0 Å². The highest BCUT2D eigenvalue weighted by atomic mass is 32.2. The summed E-state index contributed by atoms with van der Waals surface area (Å²) in [5.74, 6) is 0. The first kappa shape index (κ1) is 14.6. The maximum absolute atomic E-state index is 11.8. The lowest BCUT2D eigenvalue weighted by Gasteiger charge is -2.06. The second-order valence-electron chi connectivity index (χ2n) is 3.72. The molecule has 0 atom stereocenters. The predicted octanol–water partition coefficient (Wildman–Crippen LogP) is 1.07. The number of nitrogens with one attached hydrogen (secondary N) is 1. The van der Waals surface area contributed by atoms with Crippen LogP contribution in [0.4, 0.5) is 0 Å². The molecule has 1 aromatic carbocycles. The lowest BCUT2D eigenvalue weighted by atomic mass is 10.2. The van der Waals surface area contributed by atoms with Gasteiger partial charge in [0, 0.05) is 20.3 Å². The summed E-state index contributed by atoms with van der Waals surface area (Å²) in [5.41, 5.74) is 0.802. The maximum atomic E-state index is 11.8. The van der Waals surface area contributed by atoms with E-state index in [2.05, 4.69) is 4.72 Å². The van der Waals surface area contributed by atoms with Crippen LogP contribution >= 0.6 is 0 Å². The van der Waals surface area contributed by atoms with Crippen molar-refractivity contribution in [2.24, 2.45) is 0 Å². The molecular weight excluding hydrogens is 252 g/mol. The normalized spacial score (nSPS) is 11.1. The molecule has 1 N–H and O–H groups in total. The Balaban J connectivity index is 2.64. The molecule has 0 spiro atoms. The molecule has 1 aromatic rings. The average molecular weight is 268 g/mol. The Labute approximate surface area is 107 Å². The fourth-order valence-electron chi connectivity index (χ4n) is 1.38. The van der Waals surface area contributed by atoms with E-state index in [9.17, 15) is 8.42 Å².